The minimum Gasteiger partial charge on any atom is -0.381 e. The fraction of sp³-hybridized carbons (Fsp3) is 0.895. The van der Waals surface area contributed by atoms with Crippen molar-refractivity contribution in [3.63, 3.8) is 0 Å². The molecule has 0 bridgehead atoms. The maximum atomic E-state index is 12.7. The van der Waals surface area contributed by atoms with E-state index in [2.05, 4.69) is 9.80 Å². The van der Waals surface area contributed by atoms with E-state index in [1.165, 1.54) is 12.8 Å². The van der Waals surface area contributed by atoms with Gasteiger partial charge in [0.25, 0.3) is 0 Å². The molecule has 0 radical (unpaired) electrons. The first-order valence-corrected chi connectivity index (χ1v) is 9.80. The van der Waals surface area contributed by atoms with Gasteiger partial charge in [0.15, 0.2) is 0 Å². The molecule has 0 aromatic heterocycles. The standard InChI is InChI=1S/C19H30N2O3/c22-17-3-6-19(14-21(17)13-15-1-2-15)7-9-20(10-8-19)18(23)16-4-11-24-12-5-16/h15-16H,1-14H2. The normalized spacial score (nSPS) is 28.4. The average molecular weight is 334 g/mol. The first-order valence-electron chi connectivity index (χ1n) is 9.80. The second-order valence-electron chi connectivity index (χ2n) is 8.43. The SMILES string of the molecule is O=C1CCC2(CCN(C(=O)C3CCOCC3)CC2)CN1CC1CC1. The van der Waals surface area contributed by atoms with Crippen LogP contribution in [0.2, 0.25) is 0 Å². The summed E-state index contributed by atoms with van der Waals surface area (Å²) in [6, 6.07) is 0. The largest absolute Gasteiger partial charge is 0.381 e. The minimum atomic E-state index is 0.173. The van der Waals surface area contributed by atoms with Gasteiger partial charge in [-0.1, -0.05) is 0 Å². The Balaban J connectivity index is 1.32. The molecule has 134 valence electrons. The number of nitrogens with zero attached hydrogens (tertiary/aromatic N) is 2. The molecule has 3 aliphatic heterocycles. The van der Waals surface area contributed by atoms with Crippen molar-refractivity contribution in [3.8, 4) is 0 Å². The summed E-state index contributed by atoms with van der Waals surface area (Å²) in [5.74, 6) is 1.63. The van der Waals surface area contributed by atoms with Crippen LogP contribution in [0.4, 0.5) is 0 Å². The first-order chi connectivity index (χ1) is 11.7. The third-order valence-electron chi connectivity index (χ3n) is 6.63. The molecule has 4 fully saturated rings. The van der Waals surface area contributed by atoms with Crippen LogP contribution >= 0.6 is 0 Å². The molecule has 0 N–H and O–H groups in total. The Morgan fingerprint density at radius 1 is 1.08 bits per heavy atom. The van der Waals surface area contributed by atoms with Gasteiger partial charge in [-0.2, -0.15) is 0 Å². The number of hydrogen-bond acceptors (Lipinski definition) is 3. The van der Waals surface area contributed by atoms with Gasteiger partial charge in [0.1, 0.15) is 0 Å². The van der Waals surface area contributed by atoms with Crippen LogP contribution < -0.4 is 0 Å². The van der Waals surface area contributed by atoms with Gasteiger partial charge < -0.3 is 14.5 Å². The molecule has 2 amide bonds. The van der Waals surface area contributed by atoms with Crippen molar-refractivity contribution in [1.29, 1.82) is 0 Å². The molecule has 1 aliphatic carbocycles. The molecular formula is C19H30N2O3. The topological polar surface area (TPSA) is 49.9 Å². The molecule has 0 aromatic carbocycles. The Kier molecular flexibility index (Phi) is 4.54. The predicted molar refractivity (Wildman–Crippen MR) is 90.3 cm³/mol. The van der Waals surface area contributed by atoms with Gasteiger partial charge in [0.05, 0.1) is 0 Å². The number of ether oxygens (including phenoxy) is 1. The highest BCUT2D eigenvalue weighted by molar-refractivity contribution is 5.79. The predicted octanol–water partition coefficient (Wildman–Crippen LogP) is 2.05. The highest BCUT2D eigenvalue weighted by atomic mass is 16.5. The lowest BCUT2D eigenvalue weighted by molar-refractivity contribution is -0.146. The van der Waals surface area contributed by atoms with E-state index in [4.69, 9.17) is 4.74 Å². The number of carbonyl (C=O) groups excluding carboxylic acids is 2. The van der Waals surface area contributed by atoms with Gasteiger partial charge in [0, 0.05) is 51.7 Å². The third-order valence-corrected chi connectivity index (χ3v) is 6.63. The Bertz CT molecular complexity index is 489. The molecule has 24 heavy (non-hydrogen) atoms. The van der Waals surface area contributed by atoms with Crippen molar-refractivity contribution in [3.05, 3.63) is 0 Å². The highest BCUT2D eigenvalue weighted by Crippen LogP contribution is 2.42. The third kappa shape index (κ3) is 3.46. The molecule has 5 heteroatoms. The number of rotatable bonds is 3. The number of piperidine rings is 2. The van der Waals surface area contributed by atoms with Crippen LogP contribution in [0.25, 0.3) is 0 Å². The summed E-state index contributed by atoms with van der Waals surface area (Å²) in [5, 5.41) is 0. The van der Waals surface area contributed by atoms with Gasteiger partial charge >= 0.3 is 0 Å². The molecule has 0 unspecified atom stereocenters. The summed E-state index contributed by atoms with van der Waals surface area (Å²) in [4.78, 5) is 29.1. The lowest BCUT2D eigenvalue weighted by Crippen LogP contribution is -2.53. The smallest absolute Gasteiger partial charge is 0.225 e. The zero-order valence-corrected chi connectivity index (χ0v) is 14.7. The minimum absolute atomic E-state index is 0.173. The Morgan fingerprint density at radius 2 is 1.79 bits per heavy atom. The second-order valence-corrected chi connectivity index (χ2v) is 8.43. The van der Waals surface area contributed by atoms with Crippen LogP contribution in [0.15, 0.2) is 0 Å². The van der Waals surface area contributed by atoms with E-state index in [1.807, 2.05) is 0 Å². The molecule has 3 heterocycles. The summed E-state index contributed by atoms with van der Waals surface area (Å²) >= 11 is 0. The second kappa shape index (κ2) is 6.66. The van der Waals surface area contributed by atoms with E-state index in [0.717, 1.165) is 77.4 Å². The summed E-state index contributed by atoms with van der Waals surface area (Å²) in [7, 11) is 0. The fourth-order valence-corrected chi connectivity index (χ4v) is 4.69. The first kappa shape index (κ1) is 16.4. The highest BCUT2D eigenvalue weighted by Gasteiger charge is 2.43. The van der Waals surface area contributed by atoms with Crippen molar-refractivity contribution < 1.29 is 14.3 Å². The van der Waals surface area contributed by atoms with Crippen molar-refractivity contribution in [2.24, 2.45) is 17.3 Å². The van der Waals surface area contributed by atoms with Crippen LogP contribution in [-0.4, -0.2) is 61.0 Å². The molecule has 0 aromatic rings. The van der Waals surface area contributed by atoms with Gasteiger partial charge in [0.2, 0.25) is 11.8 Å². The quantitative estimate of drug-likeness (QED) is 0.794. The van der Waals surface area contributed by atoms with Crippen LogP contribution in [0, 0.1) is 17.3 Å². The molecular weight excluding hydrogens is 304 g/mol. The molecule has 0 atom stereocenters. The Hall–Kier alpha value is -1.10. The van der Waals surface area contributed by atoms with Gasteiger partial charge in [-0.25, -0.2) is 0 Å². The Labute approximate surface area is 144 Å². The van der Waals surface area contributed by atoms with Crippen LogP contribution in [0.5, 0.6) is 0 Å². The lowest BCUT2D eigenvalue weighted by atomic mass is 9.72. The lowest BCUT2D eigenvalue weighted by Gasteiger charge is -2.48. The molecule has 3 saturated heterocycles. The van der Waals surface area contributed by atoms with Crippen molar-refractivity contribution in [2.45, 2.75) is 51.4 Å². The van der Waals surface area contributed by atoms with Crippen LogP contribution in [0.3, 0.4) is 0 Å². The summed E-state index contributed by atoms with van der Waals surface area (Å²) < 4.78 is 5.38. The fourth-order valence-electron chi connectivity index (χ4n) is 4.69. The van der Waals surface area contributed by atoms with E-state index in [-0.39, 0.29) is 11.3 Å². The number of carbonyl (C=O) groups is 2. The van der Waals surface area contributed by atoms with Crippen LogP contribution in [0.1, 0.15) is 51.4 Å². The van der Waals surface area contributed by atoms with Gasteiger partial charge in [-0.3, -0.25) is 9.59 Å². The summed E-state index contributed by atoms with van der Waals surface area (Å²) in [6.07, 6.45) is 8.21. The molecule has 5 nitrogen and oxygen atoms in total. The van der Waals surface area contributed by atoms with E-state index in [0.29, 0.717) is 18.2 Å². The monoisotopic (exact) mass is 334 g/mol. The number of amides is 2. The molecule has 1 spiro atoms. The maximum absolute atomic E-state index is 12.7. The Morgan fingerprint density at radius 3 is 2.46 bits per heavy atom. The van der Waals surface area contributed by atoms with Crippen molar-refractivity contribution in [1.82, 2.24) is 9.80 Å². The van der Waals surface area contributed by atoms with Gasteiger partial charge in [-0.05, 0) is 56.3 Å². The van der Waals surface area contributed by atoms with E-state index < -0.39 is 0 Å². The summed E-state index contributed by atoms with van der Waals surface area (Å²) in [5.41, 5.74) is 0.273. The summed E-state index contributed by atoms with van der Waals surface area (Å²) in [6.45, 7) is 5.12. The maximum Gasteiger partial charge on any atom is 0.225 e. The van der Waals surface area contributed by atoms with Gasteiger partial charge in [-0.15, -0.1) is 0 Å². The van der Waals surface area contributed by atoms with E-state index in [1.54, 1.807) is 0 Å². The van der Waals surface area contributed by atoms with Crippen LogP contribution in [-0.2, 0) is 14.3 Å². The average Bonchev–Trinajstić information content (AvgIpc) is 3.43. The van der Waals surface area contributed by atoms with E-state index >= 15 is 0 Å². The number of hydrogen-bond donors (Lipinski definition) is 0. The number of likely N-dealkylation sites (tertiary alicyclic amines) is 2. The molecule has 4 aliphatic rings. The van der Waals surface area contributed by atoms with Crippen molar-refractivity contribution in [2.75, 3.05) is 39.4 Å². The zero-order chi connectivity index (χ0) is 16.6. The molecule has 4 rings (SSSR count). The molecule has 1 saturated carbocycles. The van der Waals surface area contributed by atoms with E-state index in [9.17, 15) is 9.59 Å². The zero-order valence-electron chi connectivity index (χ0n) is 14.7. The van der Waals surface area contributed by atoms with Crippen molar-refractivity contribution >= 4 is 11.8 Å².